The fourth-order valence-electron chi connectivity index (χ4n) is 2.09. The number of nitrogens with zero attached hydrogens (tertiary/aromatic N) is 2. The number of aliphatic imine (C=N–C) groups is 1. The molecular weight excluding hydrogens is 288 g/mol. The van der Waals surface area contributed by atoms with Gasteiger partial charge in [0.05, 0.1) is 6.54 Å². The van der Waals surface area contributed by atoms with Crippen LogP contribution in [0.3, 0.4) is 0 Å². The van der Waals surface area contributed by atoms with Gasteiger partial charge in [0.1, 0.15) is 11.9 Å². The molecule has 1 unspecified atom stereocenters. The Balaban J connectivity index is 1.68. The van der Waals surface area contributed by atoms with Crippen molar-refractivity contribution in [3.05, 3.63) is 60.4 Å². The lowest BCUT2D eigenvalue weighted by atomic mass is 10.3. The quantitative estimate of drug-likeness (QED) is 0.608. The van der Waals surface area contributed by atoms with Gasteiger partial charge in [-0.15, -0.1) is 0 Å². The summed E-state index contributed by atoms with van der Waals surface area (Å²) in [6.45, 7) is 3.49. The molecule has 0 bridgehead atoms. The van der Waals surface area contributed by atoms with Crippen LogP contribution in [-0.4, -0.2) is 37.2 Å². The maximum Gasteiger partial charge on any atom is 0.191 e. The molecule has 1 aromatic heterocycles. The minimum absolute atomic E-state index is 0.0479. The first-order valence-corrected chi connectivity index (χ1v) is 7.84. The zero-order chi connectivity index (χ0) is 16.3. The summed E-state index contributed by atoms with van der Waals surface area (Å²) in [6.07, 6.45) is 2.72. The standard InChI is InChI=1S/C18H24N4O/c1-15(23-17-9-4-3-5-10-17)14-22-18(19-2)21-13-11-16-8-6-7-12-20-16/h3-10,12,15H,11,13-14H2,1-2H3,(H2,19,21,22). The predicted molar refractivity (Wildman–Crippen MR) is 93.8 cm³/mol. The molecule has 0 radical (unpaired) electrons. The van der Waals surface area contributed by atoms with Gasteiger partial charge in [-0.3, -0.25) is 9.98 Å². The first-order valence-electron chi connectivity index (χ1n) is 7.84. The molecule has 1 heterocycles. The van der Waals surface area contributed by atoms with Crippen LogP contribution in [0.1, 0.15) is 12.6 Å². The first-order chi connectivity index (χ1) is 11.3. The van der Waals surface area contributed by atoms with Gasteiger partial charge < -0.3 is 15.4 Å². The van der Waals surface area contributed by atoms with E-state index in [1.54, 1.807) is 7.05 Å². The van der Waals surface area contributed by atoms with Crippen LogP contribution < -0.4 is 15.4 Å². The van der Waals surface area contributed by atoms with E-state index in [0.717, 1.165) is 30.4 Å². The van der Waals surface area contributed by atoms with Crippen molar-refractivity contribution in [1.29, 1.82) is 0 Å². The third kappa shape index (κ3) is 6.38. The average molecular weight is 312 g/mol. The maximum atomic E-state index is 5.83. The highest BCUT2D eigenvalue weighted by atomic mass is 16.5. The number of aromatic nitrogens is 1. The average Bonchev–Trinajstić information content (AvgIpc) is 2.59. The highest BCUT2D eigenvalue weighted by molar-refractivity contribution is 5.79. The molecule has 122 valence electrons. The third-order valence-electron chi connectivity index (χ3n) is 3.26. The van der Waals surface area contributed by atoms with Gasteiger partial charge in [0, 0.05) is 31.9 Å². The zero-order valence-electron chi connectivity index (χ0n) is 13.7. The molecule has 0 saturated heterocycles. The fourth-order valence-corrected chi connectivity index (χ4v) is 2.09. The van der Waals surface area contributed by atoms with Gasteiger partial charge in [0.15, 0.2) is 5.96 Å². The molecule has 0 aliphatic carbocycles. The summed E-state index contributed by atoms with van der Waals surface area (Å²) in [5, 5.41) is 6.55. The van der Waals surface area contributed by atoms with E-state index in [9.17, 15) is 0 Å². The number of nitrogens with one attached hydrogen (secondary N) is 2. The highest BCUT2D eigenvalue weighted by Crippen LogP contribution is 2.10. The molecule has 5 heteroatoms. The van der Waals surface area contributed by atoms with Crippen LogP contribution in [0, 0.1) is 0 Å². The van der Waals surface area contributed by atoms with Crippen LogP contribution in [0.5, 0.6) is 5.75 Å². The van der Waals surface area contributed by atoms with Gasteiger partial charge in [-0.05, 0) is 31.2 Å². The molecule has 1 atom stereocenters. The Kier molecular flexibility index (Phi) is 6.91. The Morgan fingerprint density at radius 3 is 2.61 bits per heavy atom. The van der Waals surface area contributed by atoms with E-state index >= 15 is 0 Å². The summed E-state index contributed by atoms with van der Waals surface area (Å²) < 4.78 is 5.83. The minimum atomic E-state index is 0.0479. The van der Waals surface area contributed by atoms with Crippen molar-refractivity contribution < 1.29 is 4.74 Å². The van der Waals surface area contributed by atoms with Gasteiger partial charge in [-0.2, -0.15) is 0 Å². The molecule has 2 N–H and O–H groups in total. The largest absolute Gasteiger partial charge is 0.489 e. The molecule has 0 aliphatic rings. The second-order valence-electron chi connectivity index (χ2n) is 5.19. The molecule has 5 nitrogen and oxygen atoms in total. The molecule has 1 aromatic carbocycles. The highest BCUT2D eigenvalue weighted by Gasteiger charge is 2.05. The van der Waals surface area contributed by atoms with Gasteiger partial charge in [0.25, 0.3) is 0 Å². The Morgan fingerprint density at radius 1 is 1.13 bits per heavy atom. The number of para-hydroxylation sites is 1. The van der Waals surface area contributed by atoms with Gasteiger partial charge in [-0.1, -0.05) is 24.3 Å². The van der Waals surface area contributed by atoms with E-state index in [4.69, 9.17) is 4.74 Å². The predicted octanol–water partition coefficient (Wildman–Crippen LogP) is 2.26. The van der Waals surface area contributed by atoms with Crippen LogP contribution in [0.4, 0.5) is 0 Å². The normalized spacial score (nSPS) is 12.5. The van der Waals surface area contributed by atoms with E-state index in [1.165, 1.54) is 0 Å². The van der Waals surface area contributed by atoms with Gasteiger partial charge in [0.2, 0.25) is 0 Å². The lowest BCUT2D eigenvalue weighted by Crippen LogP contribution is -2.42. The van der Waals surface area contributed by atoms with E-state index in [1.807, 2.05) is 61.7 Å². The van der Waals surface area contributed by atoms with Crippen molar-refractivity contribution in [3.8, 4) is 5.75 Å². The fraction of sp³-hybridized carbons (Fsp3) is 0.333. The number of ether oxygens (including phenoxy) is 1. The maximum absolute atomic E-state index is 5.83. The van der Waals surface area contributed by atoms with Gasteiger partial charge in [-0.25, -0.2) is 0 Å². The van der Waals surface area contributed by atoms with E-state index in [-0.39, 0.29) is 6.10 Å². The topological polar surface area (TPSA) is 58.5 Å². The number of guanidine groups is 1. The lowest BCUT2D eigenvalue weighted by Gasteiger charge is -2.17. The number of pyridine rings is 1. The molecule has 2 aromatic rings. The molecular formula is C18H24N4O. The van der Waals surface area contributed by atoms with Crippen LogP contribution in [0.15, 0.2) is 59.7 Å². The van der Waals surface area contributed by atoms with Crippen LogP contribution in [0.2, 0.25) is 0 Å². The number of rotatable bonds is 7. The molecule has 0 fully saturated rings. The summed E-state index contributed by atoms with van der Waals surface area (Å²) in [5.74, 6) is 1.64. The number of benzene rings is 1. The molecule has 2 rings (SSSR count). The Bertz CT molecular complexity index is 586. The van der Waals surface area contributed by atoms with Crippen molar-refractivity contribution >= 4 is 5.96 Å². The number of hydrogen-bond acceptors (Lipinski definition) is 3. The lowest BCUT2D eigenvalue weighted by molar-refractivity contribution is 0.224. The molecule has 0 spiro atoms. The smallest absolute Gasteiger partial charge is 0.191 e. The molecule has 23 heavy (non-hydrogen) atoms. The third-order valence-corrected chi connectivity index (χ3v) is 3.26. The Hall–Kier alpha value is -2.56. The second kappa shape index (κ2) is 9.46. The van der Waals surface area contributed by atoms with Crippen molar-refractivity contribution in [2.24, 2.45) is 4.99 Å². The first kappa shape index (κ1) is 16.8. The number of hydrogen-bond donors (Lipinski definition) is 2. The summed E-state index contributed by atoms with van der Waals surface area (Å²) in [4.78, 5) is 8.52. The zero-order valence-corrected chi connectivity index (χ0v) is 13.7. The monoisotopic (exact) mass is 312 g/mol. The van der Waals surface area contributed by atoms with Crippen LogP contribution in [-0.2, 0) is 6.42 Å². The van der Waals surface area contributed by atoms with E-state index in [0.29, 0.717) is 6.54 Å². The Labute approximate surface area is 137 Å². The molecule has 0 aliphatic heterocycles. The van der Waals surface area contributed by atoms with Crippen molar-refractivity contribution in [2.75, 3.05) is 20.1 Å². The summed E-state index contributed by atoms with van der Waals surface area (Å²) in [5.41, 5.74) is 1.07. The van der Waals surface area contributed by atoms with Crippen molar-refractivity contribution in [2.45, 2.75) is 19.4 Å². The Morgan fingerprint density at radius 2 is 1.91 bits per heavy atom. The van der Waals surface area contributed by atoms with Gasteiger partial charge >= 0.3 is 0 Å². The summed E-state index contributed by atoms with van der Waals surface area (Å²) in [6, 6.07) is 15.8. The molecule has 0 saturated carbocycles. The van der Waals surface area contributed by atoms with Crippen LogP contribution >= 0.6 is 0 Å². The minimum Gasteiger partial charge on any atom is -0.489 e. The van der Waals surface area contributed by atoms with Crippen LogP contribution in [0.25, 0.3) is 0 Å². The van der Waals surface area contributed by atoms with E-state index < -0.39 is 0 Å². The SMILES string of the molecule is CN=C(NCCc1ccccn1)NCC(C)Oc1ccccc1. The van der Waals surface area contributed by atoms with E-state index in [2.05, 4.69) is 20.6 Å². The second-order valence-corrected chi connectivity index (χ2v) is 5.19. The van der Waals surface area contributed by atoms with Crippen molar-refractivity contribution in [3.63, 3.8) is 0 Å². The van der Waals surface area contributed by atoms with Crippen molar-refractivity contribution in [1.82, 2.24) is 15.6 Å². The summed E-state index contributed by atoms with van der Waals surface area (Å²) >= 11 is 0. The molecule has 0 amide bonds. The summed E-state index contributed by atoms with van der Waals surface area (Å²) in [7, 11) is 1.76.